The summed E-state index contributed by atoms with van der Waals surface area (Å²) in [6.07, 6.45) is -0.109. The molecule has 0 spiro atoms. The molecule has 1 amide bonds. The van der Waals surface area contributed by atoms with Gasteiger partial charge in [-0.05, 0) is 41.5 Å². The number of rotatable bonds is 6. The van der Waals surface area contributed by atoms with Gasteiger partial charge in [0.05, 0.1) is 6.61 Å². The molecule has 0 saturated carbocycles. The normalized spacial score (nSPS) is 16.1. The molecule has 25 heavy (non-hydrogen) atoms. The summed E-state index contributed by atoms with van der Waals surface area (Å²) in [6, 6.07) is 12.1. The van der Waals surface area contributed by atoms with Gasteiger partial charge in [0.1, 0.15) is 5.75 Å². The van der Waals surface area contributed by atoms with E-state index in [1.165, 1.54) is 17.0 Å². The Bertz CT molecular complexity index is 781. The van der Waals surface area contributed by atoms with Gasteiger partial charge in [-0.3, -0.25) is 9.69 Å². The van der Waals surface area contributed by atoms with Gasteiger partial charge in [-0.15, -0.1) is 0 Å². The SMILES string of the molecule is CC1Oc2ccc([N+](=O)[O-])nc2N(CCCOc2ccccc2)C1=O. The van der Waals surface area contributed by atoms with Crippen LogP contribution in [-0.4, -0.2) is 35.1 Å². The number of amides is 1. The summed E-state index contributed by atoms with van der Waals surface area (Å²) in [7, 11) is 0. The van der Waals surface area contributed by atoms with Gasteiger partial charge in [0.2, 0.25) is 0 Å². The summed E-state index contributed by atoms with van der Waals surface area (Å²) in [5.41, 5.74) is 0. The highest BCUT2D eigenvalue weighted by Crippen LogP contribution is 2.34. The van der Waals surface area contributed by atoms with Gasteiger partial charge in [0.25, 0.3) is 11.7 Å². The monoisotopic (exact) mass is 343 g/mol. The standard InChI is InChI=1S/C17H17N3O5/c1-12-17(21)19(10-5-11-24-13-6-3-2-4-7-13)16-14(25-12)8-9-15(18-16)20(22)23/h2-4,6-9,12H,5,10-11H2,1H3. The van der Waals surface area contributed by atoms with Crippen molar-refractivity contribution in [3.63, 3.8) is 0 Å². The van der Waals surface area contributed by atoms with Crippen LogP contribution < -0.4 is 14.4 Å². The molecule has 8 nitrogen and oxygen atoms in total. The van der Waals surface area contributed by atoms with Crippen LogP contribution in [0, 0.1) is 10.1 Å². The van der Waals surface area contributed by atoms with E-state index in [1.807, 2.05) is 30.3 Å². The van der Waals surface area contributed by atoms with Crippen molar-refractivity contribution >= 4 is 17.5 Å². The van der Waals surface area contributed by atoms with Crippen molar-refractivity contribution in [2.45, 2.75) is 19.4 Å². The van der Waals surface area contributed by atoms with Crippen molar-refractivity contribution < 1.29 is 19.2 Å². The number of hydrogen-bond donors (Lipinski definition) is 0. The molecular formula is C17H17N3O5. The van der Waals surface area contributed by atoms with E-state index >= 15 is 0 Å². The molecule has 2 heterocycles. The number of ether oxygens (including phenoxy) is 2. The highest BCUT2D eigenvalue weighted by Gasteiger charge is 2.36. The lowest BCUT2D eigenvalue weighted by atomic mass is 10.2. The number of nitro groups is 1. The average Bonchev–Trinajstić information content (AvgIpc) is 2.62. The lowest BCUT2D eigenvalue weighted by Gasteiger charge is -2.29. The van der Waals surface area contributed by atoms with Crippen LogP contribution in [0.5, 0.6) is 11.5 Å². The van der Waals surface area contributed by atoms with Crippen LogP contribution in [0.15, 0.2) is 42.5 Å². The van der Waals surface area contributed by atoms with Crippen LogP contribution in [0.2, 0.25) is 0 Å². The lowest BCUT2D eigenvalue weighted by molar-refractivity contribution is -0.389. The molecule has 0 fully saturated rings. The Morgan fingerprint density at radius 3 is 2.76 bits per heavy atom. The zero-order valence-corrected chi connectivity index (χ0v) is 13.6. The quantitative estimate of drug-likeness (QED) is 0.454. The Morgan fingerprint density at radius 2 is 2.04 bits per heavy atom. The fourth-order valence-electron chi connectivity index (χ4n) is 2.52. The molecule has 0 aliphatic carbocycles. The minimum absolute atomic E-state index is 0.178. The fourth-order valence-corrected chi connectivity index (χ4v) is 2.52. The maximum Gasteiger partial charge on any atom is 0.366 e. The van der Waals surface area contributed by atoms with Crippen LogP contribution in [0.4, 0.5) is 11.6 Å². The molecule has 3 rings (SSSR count). The summed E-state index contributed by atoms with van der Waals surface area (Å²) >= 11 is 0. The first kappa shape index (κ1) is 16.7. The van der Waals surface area contributed by atoms with Crippen molar-refractivity contribution in [2.24, 2.45) is 0 Å². The van der Waals surface area contributed by atoms with Gasteiger partial charge in [0.15, 0.2) is 11.9 Å². The second-order valence-corrected chi connectivity index (χ2v) is 5.51. The molecule has 1 unspecified atom stereocenters. The molecule has 0 bridgehead atoms. The third kappa shape index (κ3) is 3.68. The van der Waals surface area contributed by atoms with E-state index in [4.69, 9.17) is 9.47 Å². The second kappa shape index (κ2) is 7.16. The number of aromatic nitrogens is 1. The van der Waals surface area contributed by atoms with E-state index in [9.17, 15) is 14.9 Å². The number of anilines is 1. The highest BCUT2D eigenvalue weighted by atomic mass is 16.6. The summed E-state index contributed by atoms with van der Waals surface area (Å²) in [4.78, 5) is 28.1. The number of carbonyl (C=O) groups excluding carboxylic acids is 1. The first-order valence-corrected chi connectivity index (χ1v) is 7.87. The summed E-state index contributed by atoms with van der Waals surface area (Å²) in [5, 5.41) is 10.9. The van der Waals surface area contributed by atoms with Crippen LogP contribution in [0.25, 0.3) is 0 Å². The first-order valence-electron chi connectivity index (χ1n) is 7.87. The average molecular weight is 343 g/mol. The van der Waals surface area contributed by atoms with Crippen molar-refractivity contribution in [2.75, 3.05) is 18.1 Å². The summed E-state index contributed by atoms with van der Waals surface area (Å²) in [5.74, 6) is 0.687. The number of nitrogens with zero attached hydrogens (tertiary/aromatic N) is 3. The van der Waals surface area contributed by atoms with Crippen molar-refractivity contribution in [1.82, 2.24) is 4.98 Å². The fraction of sp³-hybridized carbons (Fsp3) is 0.294. The van der Waals surface area contributed by atoms with Gasteiger partial charge in [-0.1, -0.05) is 18.2 Å². The summed E-state index contributed by atoms with van der Waals surface area (Å²) in [6.45, 7) is 2.38. The van der Waals surface area contributed by atoms with Crippen molar-refractivity contribution in [1.29, 1.82) is 0 Å². The zero-order chi connectivity index (χ0) is 17.8. The van der Waals surface area contributed by atoms with Crippen LogP contribution in [-0.2, 0) is 4.79 Å². The highest BCUT2D eigenvalue weighted by molar-refractivity contribution is 5.98. The molecule has 0 saturated heterocycles. The minimum atomic E-state index is -0.661. The molecule has 0 N–H and O–H groups in total. The maximum absolute atomic E-state index is 12.4. The number of hydrogen-bond acceptors (Lipinski definition) is 6. The third-order valence-electron chi connectivity index (χ3n) is 3.72. The Balaban J connectivity index is 1.70. The van der Waals surface area contributed by atoms with Gasteiger partial charge in [-0.25, -0.2) is 0 Å². The molecule has 1 aliphatic heterocycles. The molecule has 0 radical (unpaired) electrons. The number of fused-ring (bicyclic) bond motifs is 1. The predicted molar refractivity (Wildman–Crippen MR) is 89.9 cm³/mol. The number of pyridine rings is 1. The number of para-hydroxylation sites is 1. The van der Waals surface area contributed by atoms with Crippen LogP contribution >= 0.6 is 0 Å². The molecule has 1 aromatic carbocycles. The predicted octanol–water partition coefficient (Wildman–Crippen LogP) is 2.57. The Hall–Kier alpha value is -3.16. The Kier molecular flexibility index (Phi) is 4.78. The molecule has 8 heteroatoms. The van der Waals surface area contributed by atoms with E-state index in [1.54, 1.807) is 6.92 Å². The van der Waals surface area contributed by atoms with Gasteiger partial charge in [0, 0.05) is 12.6 Å². The Labute approximate surface area is 144 Å². The van der Waals surface area contributed by atoms with E-state index in [0.717, 1.165) is 5.75 Å². The first-order chi connectivity index (χ1) is 12.1. The maximum atomic E-state index is 12.4. The van der Waals surface area contributed by atoms with E-state index in [-0.39, 0.29) is 17.5 Å². The van der Waals surface area contributed by atoms with E-state index in [2.05, 4.69) is 4.98 Å². The molecule has 1 aromatic heterocycles. The van der Waals surface area contributed by atoms with E-state index in [0.29, 0.717) is 25.3 Å². The molecular weight excluding hydrogens is 326 g/mol. The van der Waals surface area contributed by atoms with Crippen molar-refractivity contribution in [3.8, 4) is 11.5 Å². The van der Waals surface area contributed by atoms with Crippen LogP contribution in [0.1, 0.15) is 13.3 Å². The smallest absolute Gasteiger partial charge is 0.366 e. The van der Waals surface area contributed by atoms with Gasteiger partial charge in [-0.2, -0.15) is 0 Å². The molecule has 2 aromatic rings. The topological polar surface area (TPSA) is 94.8 Å². The van der Waals surface area contributed by atoms with Crippen LogP contribution in [0.3, 0.4) is 0 Å². The molecule has 130 valence electrons. The molecule has 1 aliphatic rings. The Morgan fingerprint density at radius 1 is 1.28 bits per heavy atom. The van der Waals surface area contributed by atoms with Crippen molar-refractivity contribution in [3.05, 3.63) is 52.6 Å². The van der Waals surface area contributed by atoms with Gasteiger partial charge < -0.3 is 19.6 Å². The third-order valence-corrected chi connectivity index (χ3v) is 3.72. The molecule has 1 atom stereocenters. The minimum Gasteiger partial charge on any atom is -0.494 e. The largest absolute Gasteiger partial charge is 0.494 e. The van der Waals surface area contributed by atoms with Gasteiger partial charge >= 0.3 is 5.82 Å². The number of carbonyl (C=O) groups is 1. The summed E-state index contributed by atoms with van der Waals surface area (Å²) < 4.78 is 11.1. The van der Waals surface area contributed by atoms with E-state index < -0.39 is 11.0 Å². The second-order valence-electron chi connectivity index (χ2n) is 5.51. The number of benzene rings is 1. The zero-order valence-electron chi connectivity index (χ0n) is 13.6. The lowest BCUT2D eigenvalue weighted by Crippen LogP contribution is -2.45.